The van der Waals surface area contributed by atoms with Crippen LogP contribution in [0, 0.1) is 20.8 Å². The highest BCUT2D eigenvalue weighted by Gasteiger charge is 2.22. The lowest BCUT2D eigenvalue weighted by atomic mass is 10.1. The molecule has 0 N–H and O–H groups in total. The molecule has 0 atom stereocenters. The number of rotatable bonds is 4. The molecule has 164 valence electrons. The van der Waals surface area contributed by atoms with Crippen molar-refractivity contribution >= 4 is 17.0 Å². The topological polar surface area (TPSA) is 109 Å². The molecule has 0 bridgehead atoms. The van der Waals surface area contributed by atoms with Crippen LogP contribution < -0.4 is 11.2 Å². The van der Waals surface area contributed by atoms with E-state index in [9.17, 15) is 14.4 Å². The highest BCUT2D eigenvalue weighted by atomic mass is 16.5. The van der Waals surface area contributed by atoms with E-state index < -0.39 is 17.2 Å². The number of aromatic nitrogens is 4. The van der Waals surface area contributed by atoms with Gasteiger partial charge in [0.05, 0.1) is 24.6 Å². The van der Waals surface area contributed by atoms with E-state index in [2.05, 4.69) is 9.97 Å². The summed E-state index contributed by atoms with van der Waals surface area (Å²) < 4.78 is 12.9. The molecular weight excluding hydrogens is 412 g/mol. The number of hydrogen-bond donors (Lipinski definition) is 0. The predicted octanol–water partition coefficient (Wildman–Crippen LogP) is 2.51. The largest absolute Gasteiger partial charge is 0.465 e. The van der Waals surface area contributed by atoms with Gasteiger partial charge in [-0.1, -0.05) is 18.2 Å². The monoisotopic (exact) mass is 434 g/mol. The highest BCUT2D eigenvalue weighted by molar-refractivity contribution is 6.02. The fourth-order valence-electron chi connectivity index (χ4n) is 3.67. The third kappa shape index (κ3) is 3.41. The zero-order valence-electron chi connectivity index (χ0n) is 18.4. The summed E-state index contributed by atoms with van der Waals surface area (Å²) in [7, 11) is 2.73. The Morgan fingerprint density at radius 2 is 1.84 bits per heavy atom. The Hall–Kier alpha value is -4.01. The molecule has 1 aromatic carbocycles. The van der Waals surface area contributed by atoms with E-state index in [1.807, 2.05) is 31.2 Å². The molecule has 4 aromatic rings. The number of aryl methyl sites for hydroxylation is 4. The van der Waals surface area contributed by atoms with Crippen LogP contribution in [0.15, 0.2) is 44.3 Å². The van der Waals surface area contributed by atoms with Crippen LogP contribution in [0.2, 0.25) is 0 Å². The van der Waals surface area contributed by atoms with Gasteiger partial charge in [-0.2, -0.15) is 0 Å². The molecule has 0 spiro atoms. The highest BCUT2D eigenvalue weighted by Crippen LogP contribution is 2.25. The minimum Gasteiger partial charge on any atom is -0.465 e. The molecule has 0 amide bonds. The second-order valence-corrected chi connectivity index (χ2v) is 7.57. The molecule has 0 aliphatic heterocycles. The molecular formula is C23H22N4O5. The molecule has 0 unspecified atom stereocenters. The first kappa shape index (κ1) is 21.2. The number of benzene rings is 1. The number of ether oxygens (including phenoxy) is 1. The molecule has 3 aromatic heterocycles. The first-order valence-corrected chi connectivity index (χ1v) is 9.94. The summed E-state index contributed by atoms with van der Waals surface area (Å²) in [6.07, 6.45) is 0. The van der Waals surface area contributed by atoms with Crippen LogP contribution in [0.1, 0.15) is 33.1 Å². The summed E-state index contributed by atoms with van der Waals surface area (Å²) >= 11 is 0. The van der Waals surface area contributed by atoms with Crippen molar-refractivity contribution in [2.45, 2.75) is 27.3 Å². The van der Waals surface area contributed by atoms with Gasteiger partial charge >= 0.3 is 11.7 Å². The molecule has 32 heavy (non-hydrogen) atoms. The zero-order valence-corrected chi connectivity index (χ0v) is 18.4. The molecule has 9 nitrogen and oxygen atoms in total. The number of nitrogens with zero attached hydrogens (tertiary/aromatic N) is 4. The van der Waals surface area contributed by atoms with Gasteiger partial charge in [0.15, 0.2) is 0 Å². The molecule has 0 aliphatic carbocycles. The smallest absolute Gasteiger partial charge is 0.338 e. The normalized spacial score (nSPS) is 11.2. The van der Waals surface area contributed by atoms with E-state index in [4.69, 9.17) is 9.15 Å². The van der Waals surface area contributed by atoms with Gasteiger partial charge < -0.3 is 9.15 Å². The van der Waals surface area contributed by atoms with Gasteiger partial charge in [-0.05, 0) is 38.5 Å². The molecule has 0 fully saturated rings. The zero-order chi connectivity index (χ0) is 23.2. The van der Waals surface area contributed by atoms with Crippen LogP contribution in [0.3, 0.4) is 0 Å². The Bertz CT molecular complexity index is 1490. The van der Waals surface area contributed by atoms with Gasteiger partial charge in [0.25, 0.3) is 5.56 Å². The maximum absolute atomic E-state index is 13.3. The molecule has 3 heterocycles. The third-order valence-electron chi connectivity index (χ3n) is 5.40. The molecule has 0 saturated heterocycles. The van der Waals surface area contributed by atoms with E-state index in [1.54, 1.807) is 13.8 Å². The van der Waals surface area contributed by atoms with Crippen molar-refractivity contribution in [3.05, 3.63) is 79.4 Å². The van der Waals surface area contributed by atoms with Crippen molar-refractivity contribution in [1.29, 1.82) is 0 Å². The van der Waals surface area contributed by atoms with Gasteiger partial charge in [0.2, 0.25) is 5.89 Å². The van der Waals surface area contributed by atoms with Crippen molar-refractivity contribution in [2.75, 3.05) is 7.11 Å². The summed E-state index contributed by atoms with van der Waals surface area (Å²) in [5.41, 5.74) is 1.71. The Morgan fingerprint density at radius 3 is 2.53 bits per heavy atom. The SMILES string of the molecule is COC(=O)c1cc(C)nc2c1c(=O)n(Cc1nc(-c3ccccc3C)oc1C)c(=O)n2C. The van der Waals surface area contributed by atoms with Crippen LogP contribution in [-0.4, -0.2) is 32.2 Å². The predicted molar refractivity (Wildman–Crippen MR) is 118 cm³/mol. The summed E-state index contributed by atoms with van der Waals surface area (Å²) in [4.78, 5) is 47.5. The van der Waals surface area contributed by atoms with E-state index >= 15 is 0 Å². The third-order valence-corrected chi connectivity index (χ3v) is 5.40. The number of esters is 1. The fourth-order valence-corrected chi connectivity index (χ4v) is 3.67. The van der Waals surface area contributed by atoms with Gasteiger partial charge in [-0.15, -0.1) is 0 Å². The van der Waals surface area contributed by atoms with E-state index in [-0.39, 0.29) is 23.1 Å². The molecule has 0 saturated carbocycles. The standard InChI is InChI=1S/C23H22N4O5/c1-12-8-6-7-9-15(12)20-25-17(14(3)32-20)11-27-21(28)18-16(22(29)31-5)10-13(2)24-19(18)26(4)23(27)30/h6-10H,11H2,1-5H3. The first-order valence-electron chi connectivity index (χ1n) is 9.94. The van der Waals surface area contributed by atoms with E-state index in [1.165, 1.54) is 24.8 Å². The van der Waals surface area contributed by atoms with Crippen LogP contribution in [0.5, 0.6) is 0 Å². The maximum Gasteiger partial charge on any atom is 0.338 e. The maximum atomic E-state index is 13.3. The number of methoxy groups -OCH3 is 1. The van der Waals surface area contributed by atoms with Crippen molar-refractivity contribution in [2.24, 2.45) is 7.05 Å². The molecule has 0 radical (unpaired) electrons. The summed E-state index contributed by atoms with van der Waals surface area (Å²) in [5.74, 6) is 0.226. The lowest BCUT2D eigenvalue weighted by Crippen LogP contribution is -2.40. The molecule has 9 heteroatoms. The van der Waals surface area contributed by atoms with Crippen molar-refractivity contribution in [3.8, 4) is 11.5 Å². The second-order valence-electron chi connectivity index (χ2n) is 7.57. The van der Waals surface area contributed by atoms with Crippen LogP contribution in [-0.2, 0) is 18.3 Å². The Balaban J connectivity index is 1.91. The average molecular weight is 434 g/mol. The van der Waals surface area contributed by atoms with Crippen molar-refractivity contribution in [1.82, 2.24) is 19.1 Å². The quantitative estimate of drug-likeness (QED) is 0.454. The Morgan fingerprint density at radius 1 is 1.12 bits per heavy atom. The first-order chi connectivity index (χ1) is 15.2. The molecule has 0 aliphatic rings. The Labute approximate surface area is 182 Å². The summed E-state index contributed by atoms with van der Waals surface area (Å²) in [5, 5.41) is 0.0184. The lowest BCUT2D eigenvalue weighted by Gasteiger charge is -2.12. The van der Waals surface area contributed by atoms with Gasteiger partial charge in [0, 0.05) is 18.3 Å². The van der Waals surface area contributed by atoms with Gasteiger partial charge in [-0.3, -0.25) is 13.9 Å². The van der Waals surface area contributed by atoms with Crippen molar-refractivity contribution < 1.29 is 13.9 Å². The number of carbonyl (C=O) groups is 1. The lowest BCUT2D eigenvalue weighted by molar-refractivity contribution is 0.0602. The van der Waals surface area contributed by atoms with Crippen LogP contribution >= 0.6 is 0 Å². The van der Waals surface area contributed by atoms with E-state index in [0.717, 1.165) is 15.7 Å². The van der Waals surface area contributed by atoms with Crippen molar-refractivity contribution in [3.63, 3.8) is 0 Å². The fraction of sp³-hybridized carbons (Fsp3) is 0.261. The second kappa shape index (κ2) is 7.92. The van der Waals surface area contributed by atoms with Gasteiger partial charge in [0.1, 0.15) is 17.1 Å². The number of hydrogen-bond acceptors (Lipinski definition) is 7. The summed E-state index contributed by atoms with van der Waals surface area (Å²) in [6.45, 7) is 5.23. The molecule has 4 rings (SSSR count). The number of pyridine rings is 1. The van der Waals surface area contributed by atoms with Crippen LogP contribution in [0.4, 0.5) is 0 Å². The number of carbonyl (C=O) groups excluding carboxylic acids is 1. The number of oxazole rings is 1. The minimum absolute atomic E-state index is 0.0184. The average Bonchev–Trinajstić information content (AvgIpc) is 3.14. The minimum atomic E-state index is -0.678. The van der Waals surface area contributed by atoms with Gasteiger partial charge in [-0.25, -0.2) is 19.6 Å². The summed E-state index contributed by atoms with van der Waals surface area (Å²) in [6, 6.07) is 9.11. The Kier molecular flexibility index (Phi) is 5.25. The number of fused-ring (bicyclic) bond motifs is 1. The van der Waals surface area contributed by atoms with E-state index in [0.29, 0.717) is 23.0 Å². The van der Waals surface area contributed by atoms with Crippen LogP contribution in [0.25, 0.3) is 22.5 Å².